The minimum atomic E-state index is 0.0752. The summed E-state index contributed by atoms with van der Waals surface area (Å²) in [6.07, 6.45) is 3.91. The van der Waals surface area contributed by atoms with E-state index < -0.39 is 0 Å². The molecule has 5 heteroatoms. The largest absolute Gasteiger partial charge is 0.383 e. The Morgan fingerprint density at radius 3 is 3.17 bits per heavy atom. The SMILES string of the molecule is COCCn1cccc1C(=O)N1CCCC(N)C1. The summed E-state index contributed by atoms with van der Waals surface area (Å²) in [5.74, 6) is 0.0752. The number of methoxy groups -OCH3 is 1. The Labute approximate surface area is 108 Å². The maximum absolute atomic E-state index is 12.4. The van der Waals surface area contributed by atoms with Crippen LogP contribution in [-0.2, 0) is 11.3 Å². The van der Waals surface area contributed by atoms with Crippen LogP contribution in [0, 0.1) is 0 Å². The zero-order valence-electron chi connectivity index (χ0n) is 10.8. The number of hydrogen-bond donors (Lipinski definition) is 1. The van der Waals surface area contributed by atoms with Crippen LogP contribution in [-0.4, -0.2) is 48.2 Å². The molecule has 2 N–H and O–H groups in total. The number of carbonyl (C=O) groups excluding carboxylic acids is 1. The van der Waals surface area contributed by atoms with Crippen LogP contribution in [0.15, 0.2) is 18.3 Å². The summed E-state index contributed by atoms with van der Waals surface area (Å²) in [6, 6.07) is 3.87. The molecule has 1 aromatic heterocycles. The first-order chi connectivity index (χ1) is 8.72. The topological polar surface area (TPSA) is 60.5 Å². The highest BCUT2D eigenvalue weighted by Gasteiger charge is 2.23. The summed E-state index contributed by atoms with van der Waals surface area (Å²) in [4.78, 5) is 14.3. The first-order valence-corrected chi connectivity index (χ1v) is 6.41. The third-order valence-corrected chi connectivity index (χ3v) is 3.33. The molecule has 1 unspecified atom stereocenters. The second-order valence-electron chi connectivity index (χ2n) is 4.73. The number of likely N-dealkylation sites (tertiary alicyclic amines) is 1. The fourth-order valence-electron chi connectivity index (χ4n) is 2.35. The molecular weight excluding hydrogens is 230 g/mol. The number of amides is 1. The van der Waals surface area contributed by atoms with E-state index >= 15 is 0 Å². The van der Waals surface area contributed by atoms with E-state index in [0.29, 0.717) is 19.7 Å². The predicted octanol–water partition coefficient (Wildman–Crippen LogP) is 0.698. The van der Waals surface area contributed by atoms with E-state index in [4.69, 9.17) is 10.5 Å². The third-order valence-electron chi connectivity index (χ3n) is 3.33. The summed E-state index contributed by atoms with van der Waals surface area (Å²) >= 11 is 0. The van der Waals surface area contributed by atoms with Crippen LogP contribution in [0.2, 0.25) is 0 Å². The molecule has 2 rings (SSSR count). The first kappa shape index (κ1) is 13.1. The van der Waals surface area contributed by atoms with Crippen molar-refractivity contribution in [1.82, 2.24) is 9.47 Å². The molecule has 1 aromatic rings. The normalized spacial score (nSPS) is 20.1. The standard InChI is InChI=1S/C13H21N3O2/c1-18-9-8-15-6-3-5-12(15)13(17)16-7-2-4-11(14)10-16/h3,5-6,11H,2,4,7-10,14H2,1H3. The van der Waals surface area contributed by atoms with E-state index in [0.717, 1.165) is 25.1 Å². The van der Waals surface area contributed by atoms with Gasteiger partial charge in [0.2, 0.25) is 0 Å². The van der Waals surface area contributed by atoms with Crippen LogP contribution in [0.25, 0.3) is 0 Å². The van der Waals surface area contributed by atoms with Gasteiger partial charge >= 0.3 is 0 Å². The van der Waals surface area contributed by atoms with E-state index in [1.807, 2.05) is 27.8 Å². The van der Waals surface area contributed by atoms with Gasteiger partial charge in [-0.15, -0.1) is 0 Å². The Bertz CT molecular complexity index is 403. The van der Waals surface area contributed by atoms with E-state index in [1.165, 1.54) is 0 Å². The first-order valence-electron chi connectivity index (χ1n) is 6.41. The summed E-state index contributed by atoms with van der Waals surface area (Å²) in [5, 5.41) is 0. The molecule has 1 amide bonds. The molecule has 1 aliphatic rings. The lowest BCUT2D eigenvalue weighted by Gasteiger charge is -2.31. The third kappa shape index (κ3) is 2.91. The van der Waals surface area contributed by atoms with E-state index in [1.54, 1.807) is 7.11 Å². The minimum absolute atomic E-state index is 0.0752. The Balaban J connectivity index is 2.05. The number of nitrogens with zero attached hydrogens (tertiary/aromatic N) is 2. The molecule has 1 saturated heterocycles. The molecule has 1 fully saturated rings. The lowest BCUT2D eigenvalue weighted by molar-refractivity contribution is 0.0695. The molecule has 1 atom stereocenters. The highest BCUT2D eigenvalue weighted by molar-refractivity contribution is 5.92. The Morgan fingerprint density at radius 2 is 2.44 bits per heavy atom. The summed E-state index contributed by atoms with van der Waals surface area (Å²) in [5.41, 5.74) is 6.64. The number of rotatable bonds is 4. The number of nitrogens with two attached hydrogens (primary N) is 1. The van der Waals surface area contributed by atoms with Gasteiger partial charge in [0.1, 0.15) is 5.69 Å². The van der Waals surface area contributed by atoms with Gasteiger partial charge in [0.05, 0.1) is 6.61 Å². The second kappa shape index (κ2) is 6.02. The molecule has 1 aliphatic heterocycles. The number of hydrogen-bond acceptors (Lipinski definition) is 3. The van der Waals surface area contributed by atoms with Gasteiger partial charge in [-0.2, -0.15) is 0 Å². The minimum Gasteiger partial charge on any atom is -0.383 e. The zero-order valence-corrected chi connectivity index (χ0v) is 10.8. The maximum Gasteiger partial charge on any atom is 0.270 e. The van der Waals surface area contributed by atoms with Gasteiger partial charge in [0.15, 0.2) is 0 Å². The van der Waals surface area contributed by atoms with Crippen molar-refractivity contribution in [2.75, 3.05) is 26.8 Å². The molecule has 0 bridgehead atoms. The summed E-state index contributed by atoms with van der Waals surface area (Å²) in [6.45, 7) is 2.77. The molecule has 0 spiro atoms. The molecule has 0 radical (unpaired) electrons. The predicted molar refractivity (Wildman–Crippen MR) is 69.4 cm³/mol. The van der Waals surface area contributed by atoms with Crippen molar-refractivity contribution >= 4 is 5.91 Å². The lowest BCUT2D eigenvalue weighted by Crippen LogP contribution is -2.46. The van der Waals surface area contributed by atoms with Gasteiger partial charge in [-0.3, -0.25) is 4.79 Å². The Kier molecular flexibility index (Phi) is 4.38. The van der Waals surface area contributed by atoms with Crippen molar-refractivity contribution in [3.8, 4) is 0 Å². The molecule has 0 saturated carbocycles. The van der Waals surface area contributed by atoms with Crippen LogP contribution in [0.3, 0.4) is 0 Å². The van der Waals surface area contributed by atoms with Crippen LogP contribution < -0.4 is 5.73 Å². The molecule has 2 heterocycles. The number of ether oxygens (including phenoxy) is 1. The van der Waals surface area contributed by atoms with Gasteiger partial charge < -0.3 is 19.9 Å². The monoisotopic (exact) mass is 251 g/mol. The van der Waals surface area contributed by atoms with E-state index in [9.17, 15) is 4.79 Å². The van der Waals surface area contributed by atoms with Gasteiger partial charge in [-0.1, -0.05) is 0 Å². The quantitative estimate of drug-likeness (QED) is 0.857. The molecule has 0 aliphatic carbocycles. The molecule has 18 heavy (non-hydrogen) atoms. The smallest absolute Gasteiger partial charge is 0.270 e. The van der Waals surface area contributed by atoms with Crippen LogP contribution in [0.5, 0.6) is 0 Å². The average molecular weight is 251 g/mol. The Hall–Kier alpha value is -1.33. The van der Waals surface area contributed by atoms with Crippen molar-refractivity contribution in [3.63, 3.8) is 0 Å². The lowest BCUT2D eigenvalue weighted by atomic mass is 10.1. The highest BCUT2D eigenvalue weighted by Crippen LogP contribution is 2.13. The van der Waals surface area contributed by atoms with E-state index in [2.05, 4.69) is 0 Å². The molecule has 100 valence electrons. The summed E-state index contributed by atoms with van der Waals surface area (Å²) in [7, 11) is 1.66. The average Bonchev–Trinajstić information content (AvgIpc) is 2.83. The molecular formula is C13H21N3O2. The maximum atomic E-state index is 12.4. The van der Waals surface area contributed by atoms with Crippen LogP contribution in [0.4, 0.5) is 0 Å². The zero-order chi connectivity index (χ0) is 13.0. The molecule has 0 aromatic carbocycles. The fraction of sp³-hybridized carbons (Fsp3) is 0.615. The van der Waals surface area contributed by atoms with Gasteiger partial charge in [-0.25, -0.2) is 0 Å². The Morgan fingerprint density at radius 1 is 1.61 bits per heavy atom. The summed E-state index contributed by atoms with van der Waals surface area (Å²) < 4.78 is 6.98. The van der Waals surface area contributed by atoms with Crippen molar-refractivity contribution in [3.05, 3.63) is 24.0 Å². The number of aromatic nitrogens is 1. The fourth-order valence-corrected chi connectivity index (χ4v) is 2.35. The highest BCUT2D eigenvalue weighted by atomic mass is 16.5. The van der Waals surface area contributed by atoms with Gasteiger partial charge in [-0.05, 0) is 25.0 Å². The van der Waals surface area contributed by atoms with E-state index in [-0.39, 0.29) is 11.9 Å². The van der Waals surface area contributed by atoms with Crippen LogP contribution in [0.1, 0.15) is 23.3 Å². The molecule has 5 nitrogen and oxygen atoms in total. The van der Waals surface area contributed by atoms with Crippen molar-refractivity contribution in [1.29, 1.82) is 0 Å². The second-order valence-corrected chi connectivity index (χ2v) is 4.73. The number of carbonyl (C=O) groups is 1. The van der Waals surface area contributed by atoms with Crippen LogP contribution >= 0.6 is 0 Å². The van der Waals surface area contributed by atoms with Gasteiger partial charge in [0, 0.05) is 39.0 Å². The van der Waals surface area contributed by atoms with Crippen molar-refractivity contribution in [2.45, 2.75) is 25.4 Å². The van der Waals surface area contributed by atoms with Crippen molar-refractivity contribution < 1.29 is 9.53 Å². The van der Waals surface area contributed by atoms with Gasteiger partial charge in [0.25, 0.3) is 5.91 Å². The van der Waals surface area contributed by atoms with Crippen molar-refractivity contribution in [2.24, 2.45) is 5.73 Å². The number of piperidine rings is 1.